The van der Waals surface area contributed by atoms with Crippen LogP contribution in [0.3, 0.4) is 0 Å². The van der Waals surface area contributed by atoms with Crippen LogP contribution < -0.4 is 4.74 Å². The van der Waals surface area contributed by atoms with Crippen molar-refractivity contribution in [3.8, 4) is 23.1 Å². The summed E-state index contributed by atoms with van der Waals surface area (Å²) in [7, 11) is 0. The molecule has 0 radical (unpaired) electrons. The second-order valence-corrected chi connectivity index (χ2v) is 7.54. The van der Waals surface area contributed by atoms with Crippen molar-refractivity contribution in [1.29, 1.82) is 5.26 Å². The topological polar surface area (TPSA) is 96.7 Å². The van der Waals surface area contributed by atoms with Gasteiger partial charge in [-0.15, -0.1) is 0 Å². The third-order valence-corrected chi connectivity index (χ3v) is 5.41. The maximum atomic E-state index is 9.64. The van der Waals surface area contributed by atoms with Crippen molar-refractivity contribution in [2.24, 2.45) is 0 Å². The average Bonchev–Trinajstić information content (AvgIpc) is 3.28. The lowest BCUT2D eigenvalue weighted by Crippen LogP contribution is -2.26. The minimum Gasteiger partial charge on any atom is -0.489 e. The fraction of sp³-hybridized carbons (Fsp3) is 0.250. The smallest absolute Gasteiger partial charge is 0.137 e. The highest BCUT2D eigenvalue weighted by Crippen LogP contribution is 2.27. The SMILES string of the molecule is N#Cc1cc(-c2ccnc(Cc3ccc4nc[nH]c4c3)n2)ccc1OC1CCOCC1. The third kappa shape index (κ3) is 4.25. The van der Waals surface area contributed by atoms with Gasteiger partial charge in [-0.3, -0.25) is 0 Å². The summed E-state index contributed by atoms with van der Waals surface area (Å²) >= 11 is 0. The van der Waals surface area contributed by atoms with Crippen molar-refractivity contribution in [2.75, 3.05) is 13.2 Å². The van der Waals surface area contributed by atoms with Crippen LogP contribution in [0.25, 0.3) is 22.3 Å². The van der Waals surface area contributed by atoms with Crippen LogP contribution in [0.1, 0.15) is 29.8 Å². The molecule has 31 heavy (non-hydrogen) atoms. The average molecular weight is 411 g/mol. The lowest BCUT2D eigenvalue weighted by Gasteiger charge is -2.23. The number of hydrogen-bond donors (Lipinski definition) is 1. The van der Waals surface area contributed by atoms with E-state index >= 15 is 0 Å². The van der Waals surface area contributed by atoms with Gasteiger partial charge in [-0.1, -0.05) is 6.07 Å². The van der Waals surface area contributed by atoms with Crippen LogP contribution in [0.5, 0.6) is 5.75 Å². The molecule has 0 spiro atoms. The zero-order valence-electron chi connectivity index (χ0n) is 16.9. The molecule has 7 heteroatoms. The second kappa shape index (κ2) is 8.54. The molecule has 1 aliphatic rings. The van der Waals surface area contributed by atoms with Gasteiger partial charge >= 0.3 is 0 Å². The van der Waals surface area contributed by atoms with Gasteiger partial charge in [0.2, 0.25) is 0 Å². The number of H-pyrrole nitrogens is 1. The molecule has 3 heterocycles. The predicted octanol–water partition coefficient (Wildman–Crippen LogP) is 4.04. The van der Waals surface area contributed by atoms with E-state index in [0.29, 0.717) is 30.9 Å². The number of rotatable bonds is 5. The van der Waals surface area contributed by atoms with Crippen LogP contribution in [0, 0.1) is 11.3 Å². The number of fused-ring (bicyclic) bond motifs is 1. The maximum Gasteiger partial charge on any atom is 0.137 e. The van der Waals surface area contributed by atoms with Crippen molar-refractivity contribution in [3.63, 3.8) is 0 Å². The molecule has 0 atom stereocenters. The Balaban J connectivity index is 1.37. The summed E-state index contributed by atoms with van der Waals surface area (Å²) in [6, 6.07) is 15.8. The van der Waals surface area contributed by atoms with Crippen molar-refractivity contribution in [1.82, 2.24) is 19.9 Å². The lowest BCUT2D eigenvalue weighted by atomic mass is 10.1. The summed E-state index contributed by atoms with van der Waals surface area (Å²) in [5.74, 6) is 1.33. The lowest BCUT2D eigenvalue weighted by molar-refractivity contribution is 0.0254. The maximum absolute atomic E-state index is 9.64. The van der Waals surface area contributed by atoms with Gasteiger partial charge in [-0.05, 0) is 42.0 Å². The van der Waals surface area contributed by atoms with Crippen LogP contribution in [0.4, 0.5) is 0 Å². The molecule has 1 saturated heterocycles. The van der Waals surface area contributed by atoms with Gasteiger partial charge in [-0.25, -0.2) is 15.0 Å². The number of aromatic nitrogens is 4. The quantitative estimate of drug-likeness (QED) is 0.532. The zero-order chi connectivity index (χ0) is 21.0. The minimum atomic E-state index is 0.0876. The summed E-state index contributed by atoms with van der Waals surface area (Å²) in [5.41, 5.74) is 5.18. The fourth-order valence-corrected chi connectivity index (χ4v) is 3.77. The number of benzene rings is 2. The van der Waals surface area contributed by atoms with Gasteiger partial charge in [0.25, 0.3) is 0 Å². The molecular weight excluding hydrogens is 390 g/mol. The fourth-order valence-electron chi connectivity index (χ4n) is 3.77. The highest BCUT2D eigenvalue weighted by atomic mass is 16.5. The molecule has 1 aliphatic heterocycles. The Kier molecular flexibility index (Phi) is 5.29. The first-order valence-electron chi connectivity index (χ1n) is 10.3. The van der Waals surface area contributed by atoms with Crippen molar-refractivity contribution in [2.45, 2.75) is 25.4 Å². The highest BCUT2D eigenvalue weighted by Gasteiger charge is 2.17. The summed E-state index contributed by atoms with van der Waals surface area (Å²) in [5, 5.41) is 9.64. The standard InChI is InChI=1S/C24H21N5O2/c25-14-18-13-17(2-4-23(18)31-19-6-9-30-10-7-19)20-5-8-26-24(29-20)12-16-1-3-21-22(11-16)28-15-27-21/h1-5,8,11,13,15,19H,6-7,9-10,12H2,(H,27,28). The Morgan fingerprint density at radius 1 is 1.10 bits per heavy atom. The molecule has 0 aliphatic carbocycles. The number of nitrogens with one attached hydrogen (secondary N) is 1. The first-order valence-corrected chi connectivity index (χ1v) is 10.3. The van der Waals surface area contributed by atoms with E-state index < -0.39 is 0 Å². The molecule has 0 amide bonds. The van der Waals surface area contributed by atoms with Gasteiger partial charge in [0.05, 0.1) is 41.8 Å². The van der Waals surface area contributed by atoms with E-state index in [4.69, 9.17) is 14.5 Å². The Morgan fingerprint density at radius 3 is 2.87 bits per heavy atom. The normalized spacial score (nSPS) is 14.4. The van der Waals surface area contributed by atoms with Gasteiger partial charge in [0, 0.05) is 31.0 Å². The predicted molar refractivity (Wildman–Crippen MR) is 116 cm³/mol. The molecule has 2 aromatic carbocycles. The summed E-state index contributed by atoms with van der Waals surface area (Å²) < 4.78 is 11.4. The van der Waals surface area contributed by atoms with E-state index in [1.54, 1.807) is 12.5 Å². The van der Waals surface area contributed by atoms with Crippen molar-refractivity contribution in [3.05, 3.63) is 71.9 Å². The molecule has 0 unspecified atom stereocenters. The van der Waals surface area contributed by atoms with E-state index in [-0.39, 0.29) is 6.10 Å². The van der Waals surface area contributed by atoms with Gasteiger partial charge < -0.3 is 14.5 Å². The van der Waals surface area contributed by atoms with Gasteiger partial charge in [0.1, 0.15) is 23.7 Å². The van der Waals surface area contributed by atoms with Crippen LogP contribution in [0.15, 0.2) is 55.0 Å². The van der Waals surface area contributed by atoms with E-state index in [1.165, 1.54) is 0 Å². The number of nitrogens with zero attached hydrogens (tertiary/aromatic N) is 4. The third-order valence-electron chi connectivity index (χ3n) is 5.41. The number of ether oxygens (including phenoxy) is 2. The Bertz CT molecular complexity index is 1250. The molecule has 5 rings (SSSR count). The monoisotopic (exact) mass is 411 g/mol. The Morgan fingerprint density at radius 2 is 2.00 bits per heavy atom. The van der Waals surface area contributed by atoms with Crippen LogP contribution in [-0.4, -0.2) is 39.3 Å². The number of nitriles is 1. The highest BCUT2D eigenvalue weighted by molar-refractivity contribution is 5.75. The number of imidazole rings is 1. The van der Waals surface area contributed by atoms with Crippen molar-refractivity contribution < 1.29 is 9.47 Å². The van der Waals surface area contributed by atoms with Crippen LogP contribution >= 0.6 is 0 Å². The number of hydrogen-bond acceptors (Lipinski definition) is 6. The summed E-state index contributed by atoms with van der Waals surface area (Å²) in [6.45, 7) is 1.39. The van der Waals surface area contributed by atoms with E-state index in [9.17, 15) is 5.26 Å². The van der Waals surface area contributed by atoms with E-state index in [0.717, 1.165) is 46.5 Å². The zero-order valence-corrected chi connectivity index (χ0v) is 16.9. The van der Waals surface area contributed by atoms with E-state index in [2.05, 4.69) is 27.1 Å². The first kappa shape index (κ1) is 19.2. The van der Waals surface area contributed by atoms with Crippen LogP contribution in [0.2, 0.25) is 0 Å². The molecule has 4 aromatic rings. The summed E-state index contributed by atoms with van der Waals surface area (Å²) in [6.07, 6.45) is 5.82. The van der Waals surface area contributed by atoms with Gasteiger partial charge in [-0.2, -0.15) is 5.26 Å². The van der Waals surface area contributed by atoms with Crippen molar-refractivity contribution >= 4 is 11.0 Å². The molecule has 1 fully saturated rings. The molecule has 7 nitrogen and oxygen atoms in total. The molecule has 0 bridgehead atoms. The molecule has 0 saturated carbocycles. The Labute approximate surface area is 179 Å². The second-order valence-electron chi connectivity index (χ2n) is 7.54. The largest absolute Gasteiger partial charge is 0.489 e. The first-order chi connectivity index (χ1) is 15.3. The molecule has 1 N–H and O–H groups in total. The Hall–Kier alpha value is -3.76. The molecular formula is C24H21N5O2. The number of aromatic amines is 1. The van der Waals surface area contributed by atoms with E-state index in [1.807, 2.05) is 36.4 Å². The minimum absolute atomic E-state index is 0.0876. The molecule has 2 aromatic heterocycles. The molecule has 154 valence electrons. The van der Waals surface area contributed by atoms with Gasteiger partial charge in [0.15, 0.2) is 0 Å². The van der Waals surface area contributed by atoms with Crippen LogP contribution in [-0.2, 0) is 11.2 Å². The summed E-state index contributed by atoms with van der Waals surface area (Å²) in [4.78, 5) is 16.5.